The molecule has 2 amide bonds. The van der Waals surface area contributed by atoms with Crippen LogP contribution in [0, 0.1) is 5.92 Å². The summed E-state index contributed by atoms with van der Waals surface area (Å²) in [4.78, 5) is 23.4. The third-order valence-corrected chi connectivity index (χ3v) is 5.50. The molecule has 0 spiro atoms. The van der Waals surface area contributed by atoms with Gasteiger partial charge in [0.15, 0.2) is 0 Å². The van der Waals surface area contributed by atoms with Crippen molar-refractivity contribution in [2.45, 2.75) is 32.7 Å². The second-order valence-electron chi connectivity index (χ2n) is 7.28. The predicted molar refractivity (Wildman–Crippen MR) is 101 cm³/mol. The number of piperazine rings is 1. The van der Waals surface area contributed by atoms with Gasteiger partial charge in [-0.15, -0.1) is 0 Å². The average molecular weight is 345 g/mol. The maximum atomic E-state index is 12.2. The fourth-order valence-electron chi connectivity index (χ4n) is 3.49. The number of likely N-dealkylation sites (N-methyl/N-ethyl adjacent to an activating group) is 1. The number of hydrogen-bond donors (Lipinski definition) is 1. The maximum absolute atomic E-state index is 12.2. The van der Waals surface area contributed by atoms with E-state index in [-0.39, 0.29) is 6.03 Å². The molecule has 0 atom stereocenters. The van der Waals surface area contributed by atoms with Gasteiger partial charge in [0.05, 0.1) is 0 Å². The Morgan fingerprint density at radius 1 is 1.32 bits per heavy atom. The second kappa shape index (κ2) is 8.52. The van der Waals surface area contributed by atoms with E-state index >= 15 is 0 Å². The molecule has 1 aliphatic carbocycles. The Morgan fingerprint density at radius 3 is 2.72 bits per heavy atom. The number of urea groups is 1. The standard InChI is InChI=1S/C19H31N5O/c1-3-23-9-11-24(12-10-23)18-13-17(7-8-20-18)14-21-19(25)22(2)15-16-5-4-6-16/h7-8,13,16H,3-6,9-12,14-15H2,1-2H3,(H,21,25). The molecule has 2 aliphatic rings. The van der Waals surface area contributed by atoms with Crippen LogP contribution in [-0.2, 0) is 6.54 Å². The zero-order valence-corrected chi connectivity index (χ0v) is 15.6. The fraction of sp³-hybridized carbons (Fsp3) is 0.684. The number of pyridine rings is 1. The van der Waals surface area contributed by atoms with Gasteiger partial charge in [0, 0.05) is 52.5 Å². The van der Waals surface area contributed by atoms with E-state index < -0.39 is 0 Å². The lowest BCUT2D eigenvalue weighted by atomic mass is 9.85. The Bertz CT molecular complexity index is 567. The van der Waals surface area contributed by atoms with Gasteiger partial charge < -0.3 is 20.0 Å². The van der Waals surface area contributed by atoms with Crippen LogP contribution in [-0.4, -0.2) is 67.1 Å². The summed E-state index contributed by atoms with van der Waals surface area (Å²) in [6.45, 7) is 8.95. The van der Waals surface area contributed by atoms with Crippen molar-refractivity contribution in [3.8, 4) is 0 Å². The summed E-state index contributed by atoms with van der Waals surface area (Å²) in [6.07, 6.45) is 5.68. The number of anilines is 1. The van der Waals surface area contributed by atoms with Crippen molar-refractivity contribution < 1.29 is 4.79 Å². The predicted octanol–water partition coefficient (Wildman–Crippen LogP) is 2.17. The van der Waals surface area contributed by atoms with Crippen molar-refractivity contribution in [2.24, 2.45) is 5.92 Å². The lowest BCUT2D eigenvalue weighted by molar-refractivity contribution is 0.182. The van der Waals surface area contributed by atoms with Crippen molar-refractivity contribution in [2.75, 3.05) is 51.2 Å². The molecule has 25 heavy (non-hydrogen) atoms. The monoisotopic (exact) mass is 345 g/mol. The minimum absolute atomic E-state index is 0.0156. The molecule has 1 N–H and O–H groups in total. The molecule has 2 fully saturated rings. The first-order valence-corrected chi connectivity index (χ1v) is 9.57. The van der Waals surface area contributed by atoms with E-state index in [4.69, 9.17) is 0 Å². The van der Waals surface area contributed by atoms with Crippen LogP contribution in [0.1, 0.15) is 31.7 Å². The smallest absolute Gasteiger partial charge is 0.317 e. The van der Waals surface area contributed by atoms with Gasteiger partial charge in [-0.2, -0.15) is 0 Å². The summed E-state index contributed by atoms with van der Waals surface area (Å²) in [5.41, 5.74) is 1.10. The number of carbonyl (C=O) groups is 1. The Balaban J connectivity index is 1.48. The molecule has 138 valence electrons. The minimum Gasteiger partial charge on any atom is -0.354 e. The molecule has 0 bridgehead atoms. The third kappa shape index (κ3) is 4.84. The van der Waals surface area contributed by atoms with E-state index in [9.17, 15) is 4.79 Å². The fourth-order valence-corrected chi connectivity index (χ4v) is 3.49. The van der Waals surface area contributed by atoms with Crippen LogP contribution in [0.5, 0.6) is 0 Å². The highest BCUT2D eigenvalue weighted by atomic mass is 16.2. The van der Waals surface area contributed by atoms with Crippen LogP contribution in [0.4, 0.5) is 10.6 Å². The van der Waals surface area contributed by atoms with Crippen molar-refractivity contribution >= 4 is 11.8 Å². The normalized spacial score (nSPS) is 18.7. The van der Waals surface area contributed by atoms with E-state index in [0.717, 1.165) is 50.6 Å². The van der Waals surface area contributed by atoms with Crippen LogP contribution in [0.15, 0.2) is 18.3 Å². The van der Waals surface area contributed by atoms with Gasteiger partial charge in [-0.1, -0.05) is 13.3 Å². The van der Waals surface area contributed by atoms with Gasteiger partial charge in [0.25, 0.3) is 0 Å². The molecule has 0 unspecified atom stereocenters. The number of rotatable bonds is 6. The van der Waals surface area contributed by atoms with Gasteiger partial charge in [-0.25, -0.2) is 9.78 Å². The van der Waals surface area contributed by atoms with Crippen LogP contribution >= 0.6 is 0 Å². The van der Waals surface area contributed by atoms with Crippen LogP contribution in [0.2, 0.25) is 0 Å². The van der Waals surface area contributed by atoms with Crippen molar-refractivity contribution in [3.05, 3.63) is 23.9 Å². The van der Waals surface area contributed by atoms with Gasteiger partial charge in [-0.3, -0.25) is 0 Å². The lowest BCUT2D eigenvalue weighted by Gasteiger charge is -2.34. The molecule has 1 saturated carbocycles. The summed E-state index contributed by atoms with van der Waals surface area (Å²) in [6, 6.07) is 4.10. The highest BCUT2D eigenvalue weighted by Gasteiger charge is 2.21. The Morgan fingerprint density at radius 2 is 2.08 bits per heavy atom. The lowest BCUT2D eigenvalue weighted by Crippen LogP contribution is -2.46. The molecule has 1 saturated heterocycles. The molecule has 6 heteroatoms. The molecular weight excluding hydrogens is 314 g/mol. The summed E-state index contributed by atoms with van der Waals surface area (Å²) < 4.78 is 0. The summed E-state index contributed by atoms with van der Waals surface area (Å²) in [7, 11) is 1.89. The van der Waals surface area contributed by atoms with E-state index in [1.165, 1.54) is 19.3 Å². The Labute approximate surface area is 151 Å². The number of hydrogen-bond acceptors (Lipinski definition) is 4. The first kappa shape index (κ1) is 18.0. The quantitative estimate of drug-likeness (QED) is 0.858. The molecule has 2 heterocycles. The molecule has 6 nitrogen and oxygen atoms in total. The summed E-state index contributed by atoms with van der Waals surface area (Å²) >= 11 is 0. The average Bonchev–Trinajstić information content (AvgIpc) is 2.62. The largest absolute Gasteiger partial charge is 0.354 e. The van der Waals surface area contributed by atoms with Gasteiger partial charge in [0.2, 0.25) is 0 Å². The SMILES string of the molecule is CCN1CCN(c2cc(CNC(=O)N(C)CC3CCC3)ccn2)CC1. The zero-order chi connectivity index (χ0) is 17.6. The summed E-state index contributed by atoms with van der Waals surface area (Å²) in [5, 5.41) is 3.03. The Kier molecular flexibility index (Phi) is 6.13. The van der Waals surface area contributed by atoms with Crippen LogP contribution in [0.25, 0.3) is 0 Å². The Hall–Kier alpha value is -1.82. The molecule has 0 radical (unpaired) electrons. The van der Waals surface area contributed by atoms with E-state index in [1.54, 1.807) is 0 Å². The second-order valence-corrected chi connectivity index (χ2v) is 7.28. The maximum Gasteiger partial charge on any atom is 0.317 e. The third-order valence-electron chi connectivity index (χ3n) is 5.50. The van der Waals surface area contributed by atoms with E-state index in [2.05, 4.69) is 33.1 Å². The zero-order valence-electron chi connectivity index (χ0n) is 15.6. The summed E-state index contributed by atoms with van der Waals surface area (Å²) in [5.74, 6) is 1.72. The number of nitrogens with one attached hydrogen (secondary N) is 1. The molecule has 3 rings (SSSR count). The molecular formula is C19H31N5O. The first-order chi connectivity index (χ1) is 12.2. The molecule has 1 aliphatic heterocycles. The van der Waals surface area contributed by atoms with Gasteiger partial charge in [0.1, 0.15) is 5.82 Å². The first-order valence-electron chi connectivity index (χ1n) is 9.57. The van der Waals surface area contributed by atoms with Gasteiger partial charge >= 0.3 is 6.03 Å². The van der Waals surface area contributed by atoms with Crippen molar-refractivity contribution in [1.82, 2.24) is 20.1 Å². The number of carbonyl (C=O) groups excluding carboxylic acids is 1. The van der Waals surface area contributed by atoms with E-state index in [0.29, 0.717) is 12.5 Å². The highest BCUT2D eigenvalue weighted by molar-refractivity contribution is 5.73. The van der Waals surface area contributed by atoms with Crippen molar-refractivity contribution in [1.29, 1.82) is 0 Å². The number of aromatic nitrogens is 1. The van der Waals surface area contributed by atoms with Crippen LogP contribution in [0.3, 0.4) is 0 Å². The highest BCUT2D eigenvalue weighted by Crippen LogP contribution is 2.26. The number of amides is 2. The topological polar surface area (TPSA) is 51.7 Å². The molecule has 1 aromatic heterocycles. The van der Waals surface area contributed by atoms with Gasteiger partial charge in [-0.05, 0) is 43.0 Å². The minimum atomic E-state index is 0.0156. The van der Waals surface area contributed by atoms with Crippen LogP contribution < -0.4 is 10.2 Å². The molecule has 0 aromatic carbocycles. The van der Waals surface area contributed by atoms with E-state index in [1.807, 2.05) is 24.2 Å². The van der Waals surface area contributed by atoms with Crippen molar-refractivity contribution in [3.63, 3.8) is 0 Å². The number of nitrogens with zero attached hydrogens (tertiary/aromatic N) is 4. The molecule has 1 aromatic rings.